The summed E-state index contributed by atoms with van der Waals surface area (Å²) in [6.45, 7) is 8.19. The maximum atomic E-state index is 11.5. The molecule has 1 saturated heterocycles. The maximum Gasteiger partial charge on any atom is 0.315 e. The molecule has 1 heterocycles. The van der Waals surface area contributed by atoms with Crippen LogP contribution >= 0.6 is 0 Å². The molecule has 1 aliphatic heterocycles. The standard InChI is InChI=1S/C13H27N3O2/c1-3-6-16-7-4-12(5-8-16)9-14-13(18)15-11(2)10-17/h11-12,17H,3-10H2,1-2H3,(H2,14,15,18)/t11-/m0/s1. The van der Waals surface area contributed by atoms with Gasteiger partial charge in [-0.3, -0.25) is 0 Å². The summed E-state index contributed by atoms with van der Waals surface area (Å²) in [6, 6.07) is -0.357. The molecule has 0 aromatic heterocycles. The van der Waals surface area contributed by atoms with E-state index in [1.165, 1.54) is 13.0 Å². The molecule has 2 amide bonds. The largest absolute Gasteiger partial charge is 0.394 e. The van der Waals surface area contributed by atoms with Crippen molar-refractivity contribution in [1.82, 2.24) is 15.5 Å². The average molecular weight is 257 g/mol. The summed E-state index contributed by atoms with van der Waals surface area (Å²) in [4.78, 5) is 14.0. The van der Waals surface area contributed by atoms with E-state index in [2.05, 4.69) is 22.5 Å². The van der Waals surface area contributed by atoms with Crippen molar-refractivity contribution in [3.63, 3.8) is 0 Å². The van der Waals surface area contributed by atoms with Gasteiger partial charge in [0.1, 0.15) is 0 Å². The maximum absolute atomic E-state index is 11.5. The lowest BCUT2D eigenvalue weighted by Gasteiger charge is -2.31. The Morgan fingerprint density at radius 3 is 2.67 bits per heavy atom. The fourth-order valence-electron chi connectivity index (χ4n) is 2.29. The fraction of sp³-hybridized carbons (Fsp3) is 0.923. The first-order valence-electron chi connectivity index (χ1n) is 7.03. The molecule has 0 aliphatic carbocycles. The Hall–Kier alpha value is -0.810. The van der Waals surface area contributed by atoms with Crippen LogP contribution in [-0.2, 0) is 0 Å². The Kier molecular flexibility index (Phi) is 7.05. The van der Waals surface area contributed by atoms with Gasteiger partial charge in [0.15, 0.2) is 0 Å². The van der Waals surface area contributed by atoms with Crippen molar-refractivity contribution in [2.45, 2.75) is 39.2 Å². The molecule has 5 heteroatoms. The summed E-state index contributed by atoms with van der Waals surface area (Å²) in [5.74, 6) is 0.591. The highest BCUT2D eigenvalue weighted by Crippen LogP contribution is 2.16. The van der Waals surface area contributed by atoms with Crippen LogP contribution in [0.5, 0.6) is 0 Å². The predicted molar refractivity (Wildman–Crippen MR) is 72.5 cm³/mol. The molecule has 0 spiro atoms. The van der Waals surface area contributed by atoms with Crippen molar-refractivity contribution < 1.29 is 9.90 Å². The number of aliphatic hydroxyl groups excluding tert-OH is 1. The minimum atomic E-state index is -0.184. The summed E-state index contributed by atoms with van der Waals surface area (Å²) in [5, 5.41) is 14.4. The van der Waals surface area contributed by atoms with Crippen molar-refractivity contribution in [2.24, 2.45) is 5.92 Å². The molecule has 1 atom stereocenters. The van der Waals surface area contributed by atoms with Crippen LogP contribution in [0.4, 0.5) is 4.79 Å². The van der Waals surface area contributed by atoms with Crippen molar-refractivity contribution >= 4 is 6.03 Å². The minimum absolute atomic E-state index is 0.0250. The lowest BCUT2D eigenvalue weighted by molar-refractivity contribution is 0.180. The number of likely N-dealkylation sites (tertiary alicyclic amines) is 1. The topological polar surface area (TPSA) is 64.6 Å². The van der Waals surface area contributed by atoms with Crippen LogP contribution < -0.4 is 10.6 Å². The van der Waals surface area contributed by atoms with Gasteiger partial charge in [0.25, 0.3) is 0 Å². The van der Waals surface area contributed by atoms with Crippen LogP contribution in [0.1, 0.15) is 33.1 Å². The van der Waals surface area contributed by atoms with E-state index in [0.717, 1.165) is 32.5 Å². The van der Waals surface area contributed by atoms with Crippen molar-refractivity contribution in [3.8, 4) is 0 Å². The number of nitrogens with one attached hydrogen (secondary N) is 2. The van der Waals surface area contributed by atoms with Gasteiger partial charge in [-0.25, -0.2) is 4.79 Å². The van der Waals surface area contributed by atoms with Gasteiger partial charge >= 0.3 is 6.03 Å². The molecule has 1 rings (SSSR count). The quantitative estimate of drug-likeness (QED) is 0.659. The summed E-state index contributed by atoms with van der Waals surface area (Å²) in [6.07, 6.45) is 3.54. The van der Waals surface area contributed by atoms with Gasteiger partial charge in [-0.2, -0.15) is 0 Å². The van der Waals surface area contributed by atoms with Crippen LogP contribution in [0.3, 0.4) is 0 Å². The van der Waals surface area contributed by atoms with Crippen LogP contribution in [-0.4, -0.2) is 54.9 Å². The molecule has 0 saturated carbocycles. The third-order valence-corrected chi connectivity index (χ3v) is 3.45. The average Bonchev–Trinajstić information content (AvgIpc) is 2.38. The molecule has 0 radical (unpaired) electrons. The molecule has 5 nitrogen and oxygen atoms in total. The van der Waals surface area contributed by atoms with E-state index in [9.17, 15) is 4.79 Å². The number of amides is 2. The van der Waals surface area contributed by atoms with Crippen LogP contribution in [0.15, 0.2) is 0 Å². The molecule has 106 valence electrons. The highest BCUT2D eigenvalue weighted by Gasteiger charge is 2.19. The molecule has 18 heavy (non-hydrogen) atoms. The zero-order valence-corrected chi connectivity index (χ0v) is 11.6. The molecule has 3 N–H and O–H groups in total. The zero-order valence-electron chi connectivity index (χ0n) is 11.6. The van der Waals surface area contributed by atoms with E-state index in [1.54, 1.807) is 6.92 Å². The Morgan fingerprint density at radius 2 is 2.11 bits per heavy atom. The van der Waals surface area contributed by atoms with E-state index < -0.39 is 0 Å². The van der Waals surface area contributed by atoms with Gasteiger partial charge in [0, 0.05) is 6.54 Å². The third kappa shape index (κ3) is 5.69. The smallest absolute Gasteiger partial charge is 0.315 e. The second kappa shape index (κ2) is 8.32. The molecule has 0 unspecified atom stereocenters. The highest BCUT2D eigenvalue weighted by molar-refractivity contribution is 5.74. The van der Waals surface area contributed by atoms with Crippen LogP contribution in [0.25, 0.3) is 0 Å². The van der Waals surface area contributed by atoms with Crippen molar-refractivity contribution in [3.05, 3.63) is 0 Å². The summed E-state index contributed by atoms with van der Waals surface area (Å²) in [7, 11) is 0. The second-order valence-corrected chi connectivity index (χ2v) is 5.22. The van der Waals surface area contributed by atoms with Gasteiger partial charge in [-0.15, -0.1) is 0 Å². The number of nitrogens with zero attached hydrogens (tertiary/aromatic N) is 1. The highest BCUT2D eigenvalue weighted by atomic mass is 16.3. The van der Waals surface area contributed by atoms with Gasteiger partial charge in [-0.1, -0.05) is 6.92 Å². The van der Waals surface area contributed by atoms with Crippen LogP contribution in [0.2, 0.25) is 0 Å². The number of rotatable bonds is 6. The Bertz CT molecular complexity index is 240. The van der Waals surface area contributed by atoms with E-state index >= 15 is 0 Å². The Labute approximate surface area is 110 Å². The summed E-state index contributed by atoms with van der Waals surface area (Å²) < 4.78 is 0. The van der Waals surface area contributed by atoms with Crippen molar-refractivity contribution in [2.75, 3.05) is 32.8 Å². The molecular weight excluding hydrogens is 230 g/mol. The number of carbonyl (C=O) groups excluding carboxylic acids is 1. The van der Waals surface area contributed by atoms with Crippen LogP contribution in [0, 0.1) is 5.92 Å². The summed E-state index contributed by atoms with van der Waals surface area (Å²) in [5.41, 5.74) is 0. The number of aliphatic hydroxyl groups is 1. The second-order valence-electron chi connectivity index (χ2n) is 5.22. The number of hydrogen-bond acceptors (Lipinski definition) is 3. The molecule has 0 bridgehead atoms. The number of piperidine rings is 1. The number of urea groups is 1. The first kappa shape index (κ1) is 15.2. The van der Waals surface area contributed by atoms with Crippen molar-refractivity contribution in [1.29, 1.82) is 0 Å². The minimum Gasteiger partial charge on any atom is -0.394 e. The van der Waals surface area contributed by atoms with Gasteiger partial charge in [-0.05, 0) is 51.7 Å². The third-order valence-electron chi connectivity index (χ3n) is 3.45. The lowest BCUT2D eigenvalue weighted by atomic mass is 9.97. The lowest BCUT2D eigenvalue weighted by Crippen LogP contribution is -2.45. The van der Waals surface area contributed by atoms with Gasteiger partial charge in [0.2, 0.25) is 0 Å². The molecule has 0 aromatic rings. The van der Waals surface area contributed by atoms with E-state index in [-0.39, 0.29) is 18.7 Å². The molecule has 0 aromatic carbocycles. The van der Waals surface area contributed by atoms with Gasteiger partial charge < -0.3 is 20.6 Å². The number of carbonyl (C=O) groups is 1. The summed E-state index contributed by atoms with van der Waals surface area (Å²) >= 11 is 0. The normalized spacial score (nSPS) is 19.5. The van der Waals surface area contributed by atoms with E-state index in [1.807, 2.05) is 0 Å². The monoisotopic (exact) mass is 257 g/mol. The molecule has 1 aliphatic rings. The molecular formula is C13H27N3O2. The Morgan fingerprint density at radius 1 is 1.44 bits per heavy atom. The Balaban J connectivity index is 2.12. The first-order valence-corrected chi connectivity index (χ1v) is 7.03. The number of hydrogen-bond donors (Lipinski definition) is 3. The zero-order chi connectivity index (χ0) is 13.4. The van der Waals surface area contributed by atoms with E-state index in [4.69, 9.17) is 5.11 Å². The van der Waals surface area contributed by atoms with E-state index in [0.29, 0.717) is 5.92 Å². The molecule has 1 fully saturated rings. The SMILES string of the molecule is CCCN1CCC(CNC(=O)N[C@@H](C)CO)CC1. The predicted octanol–water partition coefficient (Wildman–Crippen LogP) is 0.788. The van der Waals surface area contributed by atoms with Gasteiger partial charge in [0.05, 0.1) is 12.6 Å². The first-order chi connectivity index (χ1) is 8.65. The fourth-order valence-corrected chi connectivity index (χ4v) is 2.29.